The van der Waals surface area contributed by atoms with E-state index in [1.807, 2.05) is 0 Å². The van der Waals surface area contributed by atoms with Crippen molar-refractivity contribution in [2.75, 3.05) is 6.54 Å². The molecule has 0 aliphatic carbocycles. The zero-order valence-corrected chi connectivity index (χ0v) is 9.62. The second-order valence-electron chi connectivity index (χ2n) is 4.61. The topological polar surface area (TPSA) is 30.5 Å². The highest BCUT2D eigenvalue weighted by Gasteiger charge is 2.29. The van der Waals surface area contributed by atoms with Crippen LogP contribution in [0.2, 0.25) is 0 Å². The number of piperidine rings is 1. The minimum Gasteiger partial charge on any atom is -0.463 e. The minimum absolute atomic E-state index is 0.242. The summed E-state index contributed by atoms with van der Waals surface area (Å²) in [7, 11) is 0. The average Bonchev–Trinajstić information content (AvgIpc) is 2.39. The van der Waals surface area contributed by atoms with Gasteiger partial charge in [-0.2, -0.15) is 0 Å². The van der Waals surface area contributed by atoms with Gasteiger partial charge < -0.3 is 14.8 Å². The molecule has 92 valence electrons. The van der Waals surface area contributed by atoms with Gasteiger partial charge in [0.2, 0.25) is 6.29 Å². The molecule has 4 heteroatoms. The van der Waals surface area contributed by atoms with Crippen LogP contribution >= 0.6 is 0 Å². The third kappa shape index (κ3) is 2.28. The number of fused-ring (bicyclic) bond motifs is 1. The maximum atomic E-state index is 13.0. The van der Waals surface area contributed by atoms with Gasteiger partial charge in [0.05, 0.1) is 12.6 Å². The number of ether oxygens (including phenoxy) is 2. The molecule has 0 radical (unpaired) electrons. The second-order valence-corrected chi connectivity index (χ2v) is 4.61. The highest BCUT2D eigenvalue weighted by Crippen LogP contribution is 2.29. The normalized spacial score (nSPS) is 28.3. The van der Waals surface area contributed by atoms with Gasteiger partial charge in [-0.1, -0.05) is 6.42 Å². The van der Waals surface area contributed by atoms with Crippen LogP contribution in [0.1, 0.15) is 24.8 Å². The Kier molecular flexibility index (Phi) is 2.99. The monoisotopic (exact) mass is 237 g/mol. The summed E-state index contributed by atoms with van der Waals surface area (Å²) in [6, 6.07) is 4.83. The van der Waals surface area contributed by atoms with Gasteiger partial charge in [-0.05, 0) is 37.6 Å². The molecule has 0 aromatic heterocycles. The first-order valence-electron chi connectivity index (χ1n) is 6.13. The van der Waals surface area contributed by atoms with Crippen LogP contribution in [0, 0.1) is 5.82 Å². The minimum atomic E-state index is -0.245. The number of nitrogens with one attached hydrogen (secondary N) is 1. The van der Waals surface area contributed by atoms with E-state index in [2.05, 4.69) is 5.32 Å². The number of halogens is 1. The Morgan fingerprint density at radius 1 is 1.29 bits per heavy atom. The Morgan fingerprint density at radius 3 is 3.06 bits per heavy atom. The summed E-state index contributed by atoms with van der Waals surface area (Å²) in [6.45, 7) is 1.44. The summed E-state index contributed by atoms with van der Waals surface area (Å²) in [4.78, 5) is 0. The number of hydrogen-bond donors (Lipinski definition) is 1. The first-order valence-corrected chi connectivity index (χ1v) is 6.13. The Bertz CT molecular complexity index is 404. The van der Waals surface area contributed by atoms with Crippen molar-refractivity contribution >= 4 is 0 Å². The summed E-state index contributed by atoms with van der Waals surface area (Å²) in [5.74, 6) is 0.500. The quantitative estimate of drug-likeness (QED) is 0.812. The van der Waals surface area contributed by atoms with E-state index in [4.69, 9.17) is 9.47 Å². The Hall–Kier alpha value is -1.13. The van der Waals surface area contributed by atoms with Crippen molar-refractivity contribution in [2.24, 2.45) is 0 Å². The molecule has 0 amide bonds. The smallest absolute Gasteiger partial charge is 0.215 e. The molecule has 1 aromatic carbocycles. The van der Waals surface area contributed by atoms with Crippen LogP contribution in [0.5, 0.6) is 5.75 Å². The van der Waals surface area contributed by atoms with Crippen LogP contribution in [-0.4, -0.2) is 18.9 Å². The fourth-order valence-electron chi connectivity index (χ4n) is 2.42. The van der Waals surface area contributed by atoms with E-state index in [1.54, 1.807) is 6.07 Å². The first-order chi connectivity index (χ1) is 8.33. The molecular formula is C13H16FNO2. The van der Waals surface area contributed by atoms with Crippen LogP contribution in [0.25, 0.3) is 0 Å². The second kappa shape index (κ2) is 4.63. The number of hydrogen-bond acceptors (Lipinski definition) is 3. The summed E-state index contributed by atoms with van der Waals surface area (Å²) >= 11 is 0. The van der Waals surface area contributed by atoms with Crippen LogP contribution < -0.4 is 10.1 Å². The summed E-state index contributed by atoms with van der Waals surface area (Å²) < 4.78 is 24.4. The predicted octanol–water partition coefficient (Wildman–Crippen LogP) is 2.20. The van der Waals surface area contributed by atoms with Gasteiger partial charge in [-0.15, -0.1) is 0 Å². The van der Waals surface area contributed by atoms with Crippen molar-refractivity contribution in [3.05, 3.63) is 29.6 Å². The van der Waals surface area contributed by atoms with E-state index in [-0.39, 0.29) is 18.1 Å². The third-order valence-electron chi connectivity index (χ3n) is 3.35. The van der Waals surface area contributed by atoms with Crippen molar-refractivity contribution < 1.29 is 13.9 Å². The molecule has 0 saturated carbocycles. The van der Waals surface area contributed by atoms with Crippen LogP contribution in [0.15, 0.2) is 18.2 Å². The lowest BCUT2D eigenvalue weighted by molar-refractivity contribution is -0.130. The molecule has 1 saturated heterocycles. The molecule has 17 heavy (non-hydrogen) atoms. The van der Waals surface area contributed by atoms with Gasteiger partial charge in [0.25, 0.3) is 0 Å². The van der Waals surface area contributed by atoms with Crippen molar-refractivity contribution in [2.45, 2.75) is 38.2 Å². The molecule has 1 fully saturated rings. The van der Waals surface area contributed by atoms with Gasteiger partial charge in [-0.3, -0.25) is 0 Å². The van der Waals surface area contributed by atoms with Gasteiger partial charge in [0.1, 0.15) is 11.6 Å². The van der Waals surface area contributed by atoms with E-state index in [1.165, 1.54) is 25.0 Å². The van der Waals surface area contributed by atoms with E-state index in [0.717, 1.165) is 24.3 Å². The van der Waals surface area contributed by atoms with Gasteiger partial charge in [0.15, 0.2) is 0 Å². The number of rotatable bonds is 1. The molecule has 2 aliphatic heterocycles. The first kappa shape index (κ1) is 11.0. The summed E-state index contributed by atoms with van der Waals surface area (Å²) in [6.07, 6.45) is 3.25. The average molecular weight is 237 g/mol. The molecule has 0 bridgehead atoms. The SMILES string of the molecule is Fc1ccc2c(c1)COC(C1CCCCN1)O2. The van der Waals surface area contributed by atoms with E-state index in [9.17, 15) is 4.39 Å². The van der Waals surface area contributed by atoms with Crippen LogP contribution in [0.4, 0.5) is 4.39 Å². The fourth-order valence-corrected chi connectivity index (χ4v) is 2.42. The van der Waals surface area contributed by atoms with Gasteiger partial charge >= 0.3 is 0 Å². The Labute approximate surface area is 99.9 Å². The molecule has 1 aromatic rings. The molecule has 2 aliphatic rings. The zero-order chi connectivity index (χ0) is 11.7. The molecule has 1 N–H and O–H groups in total. The highest BCUT2D eigenvalue weighted by molar-refractivity contribution is 5.34. The highest BCUT2D eigenvalue weighted by atomic mass is 19.1. The molecule has 3 nitrogen and oxygen atoms in total. The summed E-state index contributed by atoms with van der Waals surface area (Å²) in [5, 5.41) is 3.41. The van der Waals surface area contributed by atoms with Crippen molar-refractivity contribution in [3.8, 4) is 5.75 Å². The lowest BCUT2D eigenvalue weighted by Gasteiger charge is -2.34. The molecule has 3 rings (SSSR count). The summed E-state index contributed by atoms with van der Waals surface area (Å²) in [5.41, 5.74) is 0.789. The largest absolute Gasteiger partial charge is 0.463 e. The molecule has 2 unspecified atom stereocenters. The van der Waals surface area contributed by atoms with Crippen molar-refractivity contribution in [1.82, 2.24) is 5.32 Å². The lowest BCUT2D eigenvalue weighted by atomic mass is 10.0. The van der Waals surface area contributed by atoms with Gasteiger partial charge in [-0.25, -0.2) is 4.39 Å². The molecular weight excluding hydrogens is 221 g/mol. The van der Waals surface area contributed by atoms with Crippen LogP contribution in [-0.2, 0) is 11.3 Å². The standard InChI is InChI=1S/C13H16FNO2/c14-10-4-5-12-9(7-10)8-16-13(17-12)11-3-1-2-6-15-11/h4-5,7,11,13,15H,1-3,6,8H2. The van der Waals surface area contributed by atoms with Crippen molar-refractivity contribution in [1.29, 1.82) is 0 Å². The van der Waals surface area contributed by atoms with Crippen molar-refractivity contribution in [3.63, 3.8) is 0 Å². The predicted molar refractivity (Wildman–Crippen MR) is 61.2 cm³/mol. The fraction of sp³-hybridized carbons (Fsp3) is 0.538. The maximum Gasteiger partial charge on any atom is 0.215 e. The van der Waals surface area contributed by atoms with Crippen LogP contribution in [0.3, 0.4) is 0 Å². The zero-order valence-electron chi connectivity index (χ0n) is 9.62. The Morgan fingerprint density at radius 2 is 2.24 bits per heavy atom. The maximum absolute atomic E-state index is 13.0. The molecule has 0 spiro atoms. The molecule has 2 heterocycles. The molecule has 2 atom stereocenters. The number of benzene rings is 1. The third-order valence-corrected chi connectivity index (χ3v) is 3.35. The van der Waals surface area contributed by atoms with E-state index < -0.39 is 0 Å². The van der Waals surface area contributed by atoms with E-state index >= 15 is 0 Å². The van der Waals surface area contributed by atoms with Gasteiger partial charge in [0, 0.05) is 5.56 Å². The Balaban J connectivity index is 1.73. The lowest BCUT2D eigenvalue weighted by Crippen LogP contribution is -2.48. The van der Waals surface area contributed by atoms with E-state index in [0.29, 0.717) is 6.61 Å².